The molecule has 112 valence electrons. The zero-order chi connectivity index (χ0) is 14.8. The molecule has 1 atom stereocenters. The average molecular weight is 303 g/mol. The summed E-state index contributed by atoms with van der Waals surface area (Å²) in [5.74, 6) is -0.804. The molecule has 1 fully saturated rings. The number of morpholine rings is 1. The van der Waals surface area contributed by atoms with Gasteiger partial charge >= 0.3 is 0 Å². The van der Waals surface area contributed by atoms with Crippen molar-refractivity contribution in [3.63, 3.8) is 0 Å². The summed E-state index contributed by atoms with van der Waals surface area (Å²) in [7, 11) is -3.90. The van der Waals surface area contributed by atoms with Crippen LogP contribution < -0.4 is 0 Å². The third kappa shape index (κ3) is 3.01. The normalized spacial score (nSPS) is 21.1. The number of halogens is 1. The standard InChI is InChI=1S/C13H18FNO4S/c1-2-11-8-15(5-6-19-11)20(17,18)13-7-10(9-16)3-4-12(13)14/h3-4,7,11,16H,2,5-6,8-9H2,1H3. The number of hydrogen-bond acceptors (Lipinski definition) is 4. The lowest BCUT2D eigenvalue weighted by Gasteiger charge is -2.31. The molecular formula is C13H18FNO4S. The molecule has 0 radical (unpaired) electrons. The molecule has 0 spiro atoms. The molecule has 1 aliphatic rings. The van der Waals surface area contributed by atoms with Gasteiger partial charge in [0.25, 0.3) is 0 Å². The van der Waals surface area contributed by atoms with Gasteiger partial charge in [-0.1, -0.05) is 13.0 Å². The fourth-order valence-corrected chi connectivity index (χ4v) is 3.71. The van der Waals surface area contributed by atoms with Gasteiger partial charge in [0.2, 0.25) is 10.0 Å². The largest absolute Gasteiger partial charge is 0.392 e. The number of aliphatic hydroxyl groups is 1. The van der Waals surface area contributed by atoms with Gasteiger partial charge in [-0.15, -0.1) is 0 Å². The second-order valence-electron chi connectivity index (χ2n) is 4.69. The fourth-order valence-electron chi connectivity index (χ4n) is 2.14. The third-order valence-electron chi connectivity index (χ3n) is 3.35. The quantitative estimate of drug-likeness (QED) is 0.905. The van der Waals surface area contributed by atoms with Gasteiger partial charge in [-0.25, -0.2) is 12.8 Å². The Bertz CT molecular complexity index is 576. The summed E-state index contributed by atoms with van der Waals surface area (Å²) in [6.07, 6.45) is 0.535. The van der Waals surface area contributed by atoms with Gasteiger partial charge in [0.15, 0.2) is 0 Å². The van der Waals surface area contributed by atoms with Crippen LogP contribution in [0.1, 0.15) is 18.9 Å². The second kappa shape index (κ2) is 6.17. The third-order valence-corrected chi connectivity index (χ3v) is 5.23. The van der Waals surface area contributed by atoms with E-state index in [9.17, 15) is 12.8 Å². The Morgan fingerprint density at radius 2 is 2.25 bits per heavy atom. The van der Waals surface area contributed by atoms with Crippen LogP contribution in [-0.2, 0) is 21.4 Å². The average Bonchev–Trinajstić information content (AvgIpc) is 2.47. The van der Waals surface area contributed by atoms with Crippen LogP contribution in [0.15, 0.2) is 23.1 Å². The first-order valence-electron chi connectivity index (χ1n) is 6.50. The van der Waals surface area contributed by atoms with Gasteiger partial charge in [0.1, 0.15) is 10.7 Å². The second-order valence-corrected chi connectivity index (χ2v) is 6.59. The van der Waals surface area contributed by atoms with Crippen molar-refractivity contribution in [2.45, 2.75) is 31.0 Å². The van der Waals surface area contributed by atoms with Gasteiger partial charge in [0.05, 0.1) is 19.3 Å². The molecule has 0 amide bonds. The van der Waals surface area contributed by atoms with Crippen LogP contribution in [0.2, 0.25) is 0 Å². The molecule has 1 unspecified atom stereocenters. The molecule has 1 aromatic rings. The molecule has 5 nitrogen and oxygen atoms in total. The molecule has 0 aliphatic carbocycles. The lowest BCUT2D eigenvalue weighted by atomic mass is 10.2. The number of benzene rings is 1. The monoisotopic (exact) mass is 303 g/mol. The highest BCUT2D eigenvalue weighted by molar-refractivity contribution is 7.89. The zero-order valence-electron chi connectivity index (χ0n) is 11.3. The first-order chi connectivity index (χ1) is 9.48. The van der Waals surface area contributed by atoms with E-state index in [1.165, 1.54) is 16.4 Å². The number of hydrogen-bond donors (Lipinski definition) is 1. The summed E-state index contributed by atoms with van der Waals surface area (Å²) in [4.78, 5) is -0.388. The molecule has 1 saturated heterocycles. The van der Waals surface area contributed by atoms with E-state index in [2.05, 4.69) is 0 Å². The molecule has 2 rings (SSSR count). The van der Waals surface area contributed by atoms with Crippen LogP contribution in [0.25, 0.3) is 0 Å². The summed E-state index contributed by atoms with van der Waals surface area (Å²) < 4.78 is 45.5. The lowest BCUT2D eigenvalue weighted by molar-refractivity contribution is -0.00283. The van der Waals surface area contributed by atoms with E-state index in [4.69, 9.17) is 9.84 Å². The summed E-state index contributed by atoms with van der Waals surface area (Å²) in [5, 5.41) is 9.06. The van der Waals surface area contributed by atoms with E-state index in [1.54, 1.807) is 0 Å². The highest BCUT2D eigenvalue weighted by Gasteiger charge is 2.32. The Hall–Kier alpha value is -1.02. The van der Waals surface area contributed by atoms with Crippen molar-refractivity contribution >= 4 is 10.0 Å². The number of ether oxygens (including phenoxy) is 1. The number of aliphatic hydroxyl groups excluding tert-OH is 1. The van der Waals surface area contributed by atoms with Crippen LogP contribution in [0, 0.1) is 5.82 Å². The Morgan fingerprint density at radius 1 is 1.50 bits per heavy atom. The highest BCUT2D eigenvalue weighted by Crippen LogP contribution is 2.23. The smallest absolute Gasteiger partial charge is 0.246 e. The van der Waals surface area contributed by atoms with Gasteiger partial charge in [-0.05, 0) is 24.1 Å². The van der Waals surface area contributed by atoms with E-state index >= 15 is 0 Å². The number of rotatable bonds is 4. The van der Waals surface area contributed by atoms with Crippen molar-refractivity contribution < 1.29 is 22.7 Å². The van der Waals surface area contributed by atoms with E-state index in [1.807, 2.05) is 6.92 Å². The van der Waals surface area contributed by atoms with E-state index in [0.29, 0.717) is 18.6 Å². The van der Waals surface area contributed by atoms with Gasteiger partial charge in [-0.3, -0.25) is 0 Å². The van der Waals surface area contributed by atoms with E-state index in [0.717, 1.165) is 6.07 Å². The van der Waals surface area contributed by atoms with Crippen LogP contribution >= 0.6 is 0 Å². The minimum absolute atomic E-state index is 0.164. The molecule has 7 heteroatoms. The van der Waals surface area contributed by atoms with Crippen molar-refractivity contribution in [2.75, 3.05) is 19.7 Å². The van der Waals surface area contributed by atoms with Crippen molar-refractivity contribution in [2.24, 2.45) is 0 Å². The van der Waals surface area contributed by atoms with Crippen molar-refractivity contribution in [1.82, 2.24) is 4.31 Å². The van der Waals surface area contributed by atoms with Crippen molar-refractivity contribution in [3.8, 4) is 0 Å². The molecule has 20 heavy (non-hydrogen) atoms. The van der Waals surface area contributed by atoms with Crippen LogP contribution in [0.3, 0.4) is 0 Å². The lowest BCUT2D eigenvalue weighted by Crippen LogP contribution is -2.45. The molecule has 0 aromatic heterocycles. The minimum atomic E-state index is -3.90. The molecule has 1 N–H and O–H groups in total. The zero-order valence-corrected chi connectivity index (χ0v) is 12.1. The summed E-state index contributed by atoms with van der Waals surface area (Å²) in [5.41, 5.74) is 0.366. The maximum atomic E-state index is 13.8. The summed E-state index contributed by atoms with van der Waals surface area (Å²) in [6, 6.07) is 3.61. The van der Waals surface area contributed by atoms with Crippen LogP contribution in [-0.4, -0.2) is 43.6 Å². The van der Waals surface area contributed by atoms with E-state index in [-0.39, 0.29) is 30.7 Å². The molecule has 1 heterocycles. The topological polar surface area (TPSA) is 66.8 Å². The molecule has 0 bridgehead atoms. The Balaban J connectivity index is 2.34. The molecule has 0 saturated carbocycles. The van der Waals surface area contributed by atoms with Crippen molar-refractivity contribution in [1.29, 1.82) is 0 Å². The SMILES string of the molecule is CCC1CN(S(=O)(=O)c2cc(CO)ccc2F)CCO1. The maximum absolute atomic E-state index is 13.8. The van der Waals surface area contributed by atoms with E-state index < -0.39 is 15.8 Å². The van der Waals surface area contributed by atoms with Gasteiger partial charge in [0, 0.05) is 13.1 Å². The number of nitrogens with zero attached hydrogens (tertiary/aromatic N) is 1. The first-order valence-corrected chi connectivity index (χ1v) is 7.94. The maximum Gasteiger partial charge on any atom is 0.246 e. The predicted molar refractivity (Wildman–Crippen MR) is 71.1 cm³/mol. The van der Waals surface area contributed by atoms with Crippen LogP contribution in [0.4, 0.5) is 4.39 Å². The summed E-state index contributed by atoms with van der Waals surface area (Å²) >= 11 is 0. The highest BCUT2D eigenvalue weighted by atomic mass is 32.2. The van der Waals surface area contributed by atoms with Gasteiger partial charge < -0.3 is 9.84 Å². The van der Waals surface area contributed by atoms with Crippen molar-refractivity contribution in [3.05, 3.63) is 29.6 Å². The Kier molecular flexibility index (Phi) is 4.74. The fraction of sp³-hybridized carbons (Fsp3) is 0.538. The van der Waals surface area contributed by atoms with Gasteiger partial charge in [-0.2, -0.15) is 4.31 Å². The van der Waals surface area contributed by atoms with Crippen LogP contribution in [0.5, 0.6) is 0 Å². The molecule has 1 aromatic carbocycles. The Morgan fingerprint density at radius 3 is 2.90 bits per heavy atom. The first kappa shape index (κ1) is 15.4. The summed E-state index contributed by atoms with van der Waals surface area (Å²) in [6.45, 7) is 2.32. The molecular weight excluding hydrogens is 285 g/mol. The minimum Gasteiger partial charge on any atom is -0.392 e. The Labute approximate surface area is 118 Å². The predicted octanol–water partition coefficient (Wildman–Crippen LogP) is 1.12. The molecule has 1 aliphatic heterocycles. The number of sulfonamides is 1.